The molecule has 2 aromatic rings. The summed E-state index contributed by atoms with van der Waals surface area (Å²) in [6, 6.07) is 7.44. The second-order valence-corrected chi connectivity index (χ2v) is 5.13. The van der Waals surface area contributed by atoms with Crippen molar-refractivity contribution in [3.05, 3.63) is 47.5 Å². The molecule has 0 amide bonds. The molecule has 0 bridgehead atoms. The third-order valence-corrected chi connectivity index (χ3v) is 3.82. The largest absolute Gasteiger partial charge is 0.481 e. The number of nitrogens with zero attached hydrogens (tertiary/aromatic N) is 3. The molecule has 0 fully saturated rings. The summed E-state index contributed by atoms with van der Waals surface area (Å²) in [7, 11) is 0. The van der Waals surface area contributed by atoms with Crippen molar-refractivity contribution >= 4 is 5.97 Å². The predicted molar refractivity (Wildman–Crippen MR) is 78.9 cm³/mol. The minimum atomic E-state index is -1.19. The Labute approximate surface area is 123 Å². The number of nitrogens with two attached hydrogens (primary N) is 1. The van der Waals surface area contributed by atoms with E-state index in [9.17, 15) is 9.90 Å². The summed E-state index contributed by atoms with van der Waals surface area (Å²) >= 11 is 0. The van der Waals surface area contributed by atoms with E-state index >= 15 is 0 Å². The Kier molecular flexibility index (Phi) is 4.37. The van der Waals surface area contributed by atoms with Gasteiger partial charge in [-0.05, 0) is 19.4 Å². The molecule has 0 aliphatic heterocycles. The molecule has 0 radical (unpaired) electrons. The summed E-state index contributed by atoms with van der Waals surface area (Å²) < 4.78 is 1.70. The molecule has 1 unspecified atom stereocenters. The highest BCUT2D eigenvalue weighted by Gasteiger charge is 2.40. The monoisotopic (exact) mass is 288 g/mol. The number of carbonyl (C=O) groups is 1. The number of aryl methyl sites for hydroxylation is 2. The van der Waals surface area contributed by atoms with Crippen LogP contribution < -0.4 is 5.73 Å². The number of aliphatic carboxylic acids is 1. The maximum atomic E-state index is 11.9. The molecule has 0 saturated carbocycles. The van der Waals surface area contributed by atoms with Gasteiger partial charge < -0.3 is 10.8 Å². The fraction of sp³-hybridized carbons (Fsp3) is 0.400. The Bertz CT molecular complexity index is 621. The Morgan fingerprint density at radius 1 is 1.38 bits per heavy atom. The highest BCUT2D eigenvalue weighted by molar-refractivity contribution is 5.82. The summed E-state index contributed by atoms with van der Waals surface area (Å²) in [5, 5.41) is 13.9. The van der Waals surface area contributed by atoms with Crippen molar-refractivity contribution in [2.75, 3.05) is 6.54 Å². The first-order valence-corrected chi connectivity index (χ1v) is 6.90. The molecule has 6 heteroatoms. The van der Waals surface area contributed by atoms with Crippen molar-refractivity contribution in [2.45, 2.75) is 32.2 Å². The van der Waals surface area contributed by atoms with Crippen LogP contribution >= 0.6 is 0 Å². The zero-order chi connectivity index (χ0) is 15.5. The van der Waals surface area contributed by atoms with Gasteiger partial charge in [-0.15, -0.1) is 0 Å². The molecule has 0 spiro atoms. The highest BCUT2D eigenvalue weighted by atomic mass is 16.4. The van der Waals surface area contributed by atoms with Crippen LogP contribution in [0.3, 0.4) is 0 Å². The molecule has 1 aromatic heterocycles. The SMILES string of the molecule is CCn1ncnc1CC(CN)(C(=O)O)c1ccc(C)cc1. The van der Waals surface area contributed by atoms with Gasteiger partial charge in [0.15, 0.2) is 0 Å². The minimum Gasteiger partial charge on any atom is -0.481 e. The minimum absolute atomic E-state index is 0.00195. The zero-order valence-corrected chi connectivity index (χ0v) is 12.3. The van der Waals surface area contributed by atoms with Crippen molar-refractivity contribution in [3.8, 4) is 0 Å². The van der Waals surface area contributed by atoms with Crippen LogP contribution in [0.1, 0.15) is 23.9 Å². The van der Waals surface area contributed by atoms with Crippen LogP contribution in [-0.2, 0) is 23.2 Å². The van der Waals surface area contributed by atoms with E-state index in [1.165, 1.54) is 6.33 Å². The van der Waals surface area contributed by atoms with Crippen molar-refractivity contribution in [3.63, 3.8) is 0 Å². The van der Waals surface area contributed by atoms with Crippen LogP contribution in [0, 0.1) is 6.92 Å². The smallest absolute Gasteiger partial charge is 0.315 e. The Balaban J connectivity index is 2.47. The van der Waals surface area contributed by atoms with Gasteiger partial charge in [-0.25, -0.2) is 4.98 Å². The first-order valence-electron chi connectivity index (χ1n) is 6.90. The molecule has 0 aliphatic rings. The summed E-state index contributed by atoms with van der Waals surface area (Å²) in [4.78, 5) is 16.1. The first-order chi connectivity index (χ1) is 10.0. The van der Waals surface area contributed by atoms with E-state index in [1.807, 2.05) is 38.1 Å². The molecule has 1 heterocycles. The molecular weight excluding hydrogens is 268 g/mol. The summed E-state index contributed by atoms with van der Waals surface area (Å²) in [5.41, 5.74) is 6.43. The second-order valence-electron chi connectivity index (χ2n) is 5.13. The van der Waals surface area contributed by atoms with Crippen molar-refractivity contribution < 1.29 is 9.90 Å². The van der Waals surface area contributed by atoms with Crippen molar-refractivity contribution in [1.29, 1.82) is 0 Å². The quantitative estimate of drug-likeness (QED) is 0.831. The Morgan fingerprint density at radius 2 is 2.05 bits per heavy atom. The van der Waals surface area contributed by atoms with Crippen LogP contribution in [0.25, 0.3) is 0 Å². The summed E-state index contributed by atoms with van der Waals surface area (Å²) in [6.07, 6.45) is 1.66. The molecule has 6 nitrogen and oxygen atoms in total. The molecule has 0 saturated heterocycles. The van der Waals surface area contributed by atoms with Gasteiger partial charge in [0.2, 0.25) is 0 Å². The van der Waals surface area contributed by atoms with E-state index < -0.39 is 11.4 Å². The Morgan fingerprint density at radius 3 is 2.57 bits per heavy atom. The van der Waals surface area contributed by atoms with Gasteiger partial charge >= 0.3 is 5.97 Å². The Hall–Kier alpha value is -2.21. The number of hydrogen-bond acceptors (Lipinski definition) is 4. The molecule has 112 valence electrons. The number of carboxylic acids is 1. The lowest BCUT2D eigenvalue weighted by Gasteiger charge is -2.28. The number of benzene rings is 1. The fourth-order valence-corrected chi connectivity index (χ4v) is 2.41. The average molecular weight is 288 g/mol. The molecule has 2 rings (SSSR count). The molecule has 1 atom stereocenters. The zero-order valence-electron chi connectivity index (χ0n) is 12.3. The van der Waals surface area contributed by atoms with Gasteiger partial charge in [-0.3, -0.25) is 9.48 Å². The normalized spacial score (nSPS) is 13.9. The third kappa shape index (κ3) is 2.80. The topological polar surface area (TPSA) is 94.0 Å². The fourth-order valence-electron chi connectivity index (χ4n) is 2.41. The van der Waals surface area contributed by atoms with Crippen LogP contribution in [0.4, 0.5) is 0 Å². The van der Waals surface area contributed by atoms with Gasteiger partial charge in [-0.2, -0.15) is 5.10 Å². The highest BCUT2D eigenvalue weighted by Crippen LogP contribution is 2.28. The van der Waals surface area contributed by atoms with E-state index in [4.69, 9.17) is 5.73 Å². The molecule has 0 aliphatic carbocycles. The van der Waals surface area contributed by atoms with E-state index in [0.29, 0.717) is 17.9 Å². The number of carboxylic acid groups (broad SMARTS) is 1. The van der Waals surface area contributed by atoms with E-state index in [-0.39, 0.29) is 13.0 Å². The third-order valence-electron chi connectivity index (χ3n) is 3.82. The van der Waals surface area contributed by atoms with E-state index in [2.05, 4.69) is 10.1 Å². The molecule has 1 aromatic carbocycles. The van der Waals surface area contributed by atoms with Gasteiger partial charge in [-0.1, -0.05) is 29.8 Å². The molecule has 3 N–H and O–H groups in total. The van der Waals surface area contributed by atoms with Gasteiger partial charge in [0, 0.05) is 19.5 Å². The van der Waals surface area contributed by atoms with Gasteiger partial charge in [0.1, 0.15) is 17.6 Å². The van der Waals surface area contributed by atoms with Gasteiger partial charge in [0.05, 0.1) is 0 Å². The lowest BCUT2D eigenvalue weighted by Crippen LogP contribution is -2.45. The molecule has 21 heavy (non-hydrogen) atoms. The standard InChI is InChI=1S/C15H20N4O2/c1-3-19-13(17-10-18-19)8-15(9-16,14(20)21)12-6-4-11(2)5-7-12/h4-7,10H,3,8-9,16H2,1-2H3,(H,20,21). The molecular formula is C15H20N4O2. The average Bonchev–Trinajstić information content (AvgIpc) is 2.92. The lowest BCUT2D eigenvalue weighted by molar-refractivity contribution is -0.143. The van der Waals surface area contributed by atoms with Crippen LogP contribution in [0.2, 0.25) is 0 Å². The van der Waals surface area contributed by atoms with Crippen molar-refractivity contribution in [1.82, 2.24) is 14.8 Å². The summed E-state index contributed by atoms with van der Waals surface area (Å²) in [5.74, 6) is -0.314. The number of aromatic nitrogens is 3. The number of hydrogen-bond donors (Lipinski definition) is 2. The maximum Gasteiger partial charge on any atom is 0.315 e. The van der Waals surface area contributed by atoms with Gasteiger partial charge in [0.25, 0.3) is 0 Å². The van der Waals surface area contributed by atoms with E-state index in [1.54, 1.807) is 4.68 Å². The van der Waals surface area contributed by atoms with Crippen LogP contribution in [0.5, 0.6) is 0 Å². The second kappa shape index (κ2) is 6.05. The lowest BCUT2D eigenvalue weighted by atomic mass is 9.77. The summed E-state index contributed by atoms with van der Waals surface area (Å²) in [6.45, 7) is 4.54. The van der Waals surface area contributed by atoms with Crippen LogP contribution in [-0.4, -0.2) is 32.4 Å². The first kappa shape index (κ1) is 15.2. The van der Waals surface area contributed by atoms with Crippen molar-refractivity contribution in [2.24, 2.45) is 5.73 Å². The van der Waals surface area contributed by atoms with E-state index in [0.717, 1.165) is 5.56 Å². The number of rotatable bonds is 6. The maximum absolute atomic E-state index is 11.9. The predicted octanol–water partition coefficient (Wildman–Crippen LogP) is 1.13. The van der Waals surface area contributed by atoms with Crippen LogP contribution in [0.15, 0.2) is 30.6 Å².